The molecule has 330 valence electrons. The first kappa shape index (κ1) is 41.0. The van der Waals surface area contributed by atoms with Crippen LogP contribution < -0.4 is 0 Å². The average Bonchev–Trinajstić information content (AvgIpc) is 3.89. The van der Waals surface area contributed by atoms with Crippen LogP contribution in [-0.4, -0.2) is 4.57 Å². The van der Waals surface area contributed by atoms with Gasteiger partial charge in [0.15, 0.2) is 0 Å². The number of nitrogens with zero attached hydrogens (tertiary/aromatic N) is 1. The van der Waals surface area contributed by atoms with Crippen LogP contribution >= 0.6 is 0 Å². The van der Waals surface area contributed by atoms with E-state index in [1.807, 2.05) is 0 Å². The molecule has 5 aliphatic rings. The summed E-state index contributed by atoms with van der Waals surface area (Å²) in [6, 6.07) is 62.9. The third-order valence-electron chi connectivity index (χ3n) is 16.4. The van der Waals surface area contributed by atoms with Crippen LogP contribution in [0.3, 0.4) is 0 Å². The molecule has 0 N–H and O–H groups in total. The van der Waals surface area contributed by atoms with E-state index in [1.165, 1.54) is 105 Å². The first-order valence-electron chi connectivity index (χ1n) is 25.1. The Labute approximate surface area is 401 Å². The molecule has 3 atom stereocenters. The molecule has 4 aliphatic carbocycles. The number of fused-ring (bicyclic) bond motifs is 11. The second-order valence-corrected chi connectivity index (χ2v) is 20.8. The minimum absolute atomic E-state index is 0.0323. The van der Waals surface area contributed by atoms with Crippen LogP contribution in [0.2, 0.25) is 0 Å². The van der Waals surface area contributed by atoms with Crippen LogP contribution in [0.25, 0.3) is 49.8 Å². The number of rotatable bonds is 6. The Morgan fingerprint density at radius 1 is 0.632 bits per heavy atom. The van der Waals surface area contributed by atoms with Gasteiger partial charge >= 0.3 is 0 Å². The predicted molar refractivity (Wildman–Crippen MR) is 287 cm³/mol. The molecule has 7 aromatic carbocycles. The Bertz CT molecular complexity index is 3520. The van der Waals surface area contributed by atoms with E-state index in [-0.39, 0.29) is 16.7 Å². The number of benzene rings is 7. The Morgan fingerprint density at radius 2 is 1.35 bits per heavy atom. The van der Waals surface area contributed by atoms with Crippen molar-refractivity contribution in [1.82, 2.24) is 4.57 Å². The van der Waals surface area contributed by atoms with Gasteiger partial charge < -0.3 is 4.57 Å². The van der Waals surface area contributed by atoms with Crippen LogP contribution in [-0.2, 0) is 23.7 Å². The third kappa shape index (κ3) is 6.28. The predicted octanol–water partition coefficient (Wildman–Crippen LogP) is 16.9. The lowest BCUT2D eigenvalue weighted by molar-refractivity contribution is 0.528. The van der Waals surface area contributed by atoms with Gasteiger partial charge in [0.1, 0.15) is 0 Å². The van der Waals surface area contributed by atoms with Gasteiger partial charge in [-0.2, -0.15) is 0 Å². The van der Waals surface area contributed by atoms with Gasteiger partial charge in [-0.3, -0.25) is 0 Å². The van der Waals surface area contributed by atoms with Crippen molar-refractivity contribution >= 4 is 38.6 Å². The summed E-state index contributed by atoms with van der Waals surface area (Å²) in [7, 11) is 0. The molecule has 1 heteroatoms. The van der Waals surface area contributed by atoms with Crippen LogP contribution in [0.5, 0.6) is 0 Å². The van der Waals surface area contributed by atoms with E-state index >= 15 is 0 Å². The summed E-state index contributed by atoms with van der Waals surface area (Å²) in [5.74, 6) is 0.588. The van der Waals surface area contributed by atoms with Gasteiger partial charge in [-0.1, -0.05) is 215 Å². The lowest BCUT2D eigenvalue weighted by atomic mass is 9.61. The fraction of sp³-hybridized carbons (Fsp3) is 0.194. The zero-order valence-electron chi connectivity index (χ0n) is 39.5. The van der Waals surface area contributed by atoms with Crippen molar-refractivity contribution in [3.05, 3.63) is 268 Å². The molecule has 8 aromatic rings. The molecule has 2 heterocycles. The highest BCUT2D eigenvalue weighted by Crippen LogP contribution is 2.64. The van der Waals surface area contributed by atoms with E-state index in [9.17, 15) is 0 Å². The van der Waals surface area contributed by atoms with Gasteiger partial charge in [0.05, 0.1) is 16.4 Å². The molecule has 1 spiro atoms. The Kier molecular flexibility index (Phi) is 9.62. The Hall–Kier alpha value is -7.22. The smallest absolute Gasteiger partial charge is 0.0714 e. The fourth-order valence-corrected chi connectivity index (χ4v) is 13.2. The van der Waals surface area contributed by atoms with Crippen molar-refractivity contribution in [2.75, 3.05) is 0 Å². The minimum atomic E-state index is -0.349. The van der Waals surface area contributed by atoms with Gasteiger partial charge in [-0.25, -0.2) is 0 Å². The van der Waals surface area contributed by atoms with Gasteiger partial charge in [0, 0.05) is 22.4 Å². The van der Waals surface area contributed by atoms with E-state index in [2.05, 4.69) is 232 Å². The first-order valence-corrected chi connectivity index (χ1v) is 25.1. The topological polar surface area (TPSA) is 4.93 Å². The van der Waals surface area contributed by atoms with Gasteiger partial charge in [-0.05, 0) is 145 Å². The summed E-state index contributed by atoms with van der Waals surface area (Å²) in [5, 5.41) is 2.68. The van der Waals surface area contributed by atoms with Gasteiger partial charge in [0.2, 0.25) is 0 Å². The monoisotopic (exact) mass is 875 g/mol. The molecule has 0 radical (unpaired) electrons. The Morgan fingerprint density at radius 3 is 2.22 bits per heavy atom. The zero-order chi connectivity index (χ0) is 45.6. The number of hydrogen-bond acceptors (Lipinski definition) is 0. The molecular formula is C67H57N. The van der Waals surface area contributed by atoms with Crippen molar-refractivity contribution in [2.45, 2.75) is 76.0 Å². The van der Waals surface area contributed by atoms with Crippen molar-refractivity contribution < 1.29 is 0 Å². The number of hydrogen-bond donors (Lipinski definition) is 0. The Balaban J connectivity index is 0.912. The highest BCUT2D eigenvalue weighted by molar-refractivity contribution is 6.14. The standard InChI is InChI=1S/C67H57N/c1-44-40-57-52-21-10-12-24-58(52)67(59-25-13-15-28-64(59)68-63-27-14-11-22-53(63)54-23-17-26-60(67)65(54)68)62(57)43-55(44)48-31-29-45(30-32-48)41-56(49-35-33-47(34-36-49)46-18-8-6-9-19-46)51-38-37-50-20-7-4-5-16-39-66(2,3)61(50)42-51/h4-12,14-19,21-24,26-38,42-44,56H,13,20,25,39-41H2,1-3H3/b7-4-,16-5-. The summed E-state index contributed by atoms with van der Waals surface area (Å²) in [4.78, 5) is 0. The molecule has 0 bridgehead atoms. The van der Waals surface area contributed by atoms with E-state index in [0.717, 1.165) is 38.5 Å². The van der Waals surface area contributed by atoms with Crippen molar-refractivity contribution in [3.63, 3.8) is 0 Å². The molecule has 68 heavy (non-hydrogen) atoms. The molecule has 0 saturated heterocycles. The number of aromatic nitrogens is 1. The summed E-state index contributed by atoms with van der Waals surface area (Å²) in [6.45, 7) is 7.28. The summed E-state index contributed by atoms with van der Waals surface area (Å²) in [6.07, 6.45) is 22.6. The zero-order valence-corrected chi connectivity index (χ0v) is 39.5. The molecule has 1 aromatic heterocycles. The molecule has 0 amide bonds. The molecular weight excluding hydrogens is 819 g/mol. The highest BCUT2D eigenvalue weighted by Gasteiger charge is 2.53. The van der Waals surface area contributed by atoms with Crippen molar-refractivity contribution in [2.24, 2.45) is 5.92 Å². The second-order valence-electron chi connectivity index (χ2n) is 20.8. The van der Waals surface area contributed by atoms with Gasteiger partial charge in [0.25, 0.3) is 0 Å². The van der Waals surface area contributed by atoms with E-state index in [1.54, 1.807) is 5.57 Å². The average molecular weight is 876 g/mol. The van der Waals surface area contributed by atoms with Gasteiger partial charge in [-0.15, -0.1) is 0 Å². The lowest BCUT2D eigenvalue weighted by Gasteiger charge is -2.43. The number of allylic oxidation sites excluding steroid dienone is 12. The summed E-state index contributed by atoms with van der Waals surface area (Å²) >= 11 is 0. The van der Waals surface area contributed by atoms with Crippen LogP contribution in [0.4, 0.5) is 0 Å². The van der Waals surface area contributed by atoms with E-state index in [4.69, 9.17) is 0 Å². The summed E-state index contributed by atoms with van der Waals surface area (Å²) in [5.41, 5.74) is 24.9. The maximum absolute atomic E-state index is 2.65. The van der Waals surface area contributed by atoms with Crippen molar-refractivity contribution in [1.29, 1.82) is 0 Å². The second kappa shape index (κ2) is 16.0. The lowest BCUT2D eigenvalue weighted by Crippen LogP contribution is -2.36. The maximum Gasteiger partial charge on any atom is 0.0714 e. The third-order valence-corrected chi connectivity index (χ3v) is 16.4. The van der Waals surface area contributed by atoms with Crippen molar-refractivity contribution in [3.8, 4) is 11.1 Å². The number of para-hydroxylation sites is 2. The first-order chi connectivity index (χ1) is 33.4. The molecule has 1 nitrogen and oxygen atoms in total. The van der Waals surface area contributed by atoms with Crippen LogP contribution in [0, 0.1) is 5.92 Å². The highest BCUT2D eigenvalue weighted by atomic mass is 15.0. The molecule has 0 fully saturated rings. The normalized spacial score (nSPS) is 21.3. The van der Waals surface area contributed by atoms with Crippen LogP contribution in [0.15, 0.2) is 217 Å². The molecule has 13 rings (SSSR count). The SMILES string of the molecule is CC1CC2=C(C=C1c1ccc(CC(c3ccc(-c4ccccc4)cc3)c3ccc4c(c3)C(C)(C)C/C=C\C=C/C4)cc1)C1(C3=C(C=CCC3)n3c4ccccc4c4cccc1c43)c1ccccc12. The van der Waals surface area contributed by atoms with E-state index in [0.29, 0.717) is 5.92 Å². The minimum Gasteiger partial charge on any atom is -0.309 e. The van der Waals surface area contributed by atoms with E-state index < -0.39 is 0 Å². The molecule has 3 unspecified atom stereocenters. The largest absolute Gasteiger partial charge is 0.309 e. The maximum atomic E-state index is 2.65. The van der Waals surface area contributed by atoms with Crippen LogP contribution in [0.1, 0.15) is 102 Å². The molecule has 0 saturated carbocycles. The quantitative estimate of drug-likeness (QED) is 0.157. The fourth-order valence-electron chi connectivity index (χ4n) is 13.2. The molecule has 1 aliphatic heterocycles. The summed E-state index contributed by atoms with van der Waals surface area (Å²) < 4.78 is 2.60.